The molecule has 0 unspecified atom stereocenters. The predicted octanol–water partition coefficient (Wildman–Crippen LogP) is 1.79. The van der Waals surface area contributed by atoms with Gasteiger partial charge >= 0.3 is 0 Å². The minimum absolute atomic E-state index is 0.227. The predicted molar refractivity (Wildman–Crippen MR) is 71.7 cm³/mol. The lowest BCUT2D eigenvalue weighted by molar-refractivity contribution is -0.119. The Morgan fingerprint density at radius 2 is 2.06 bits per heavy atom. The Bertz CT molecular complexity index is 399. The summed E-state index contributed by atoms with van der Waals surface area (Å²) in [5.74, 6) is 1.26. The molecule has 4 nitrogen and oxygen atoms in total. The maximum atomic E-state index is 12.2. The molecule has 0 radical (unpaired) electrons. The summed E-state index contributed by atoms with van der Waals surface area (Å²) in [6.07, 6.45) is 2.87. The average molecular weight is 248 g/mol. The van der Waals surface area contributed by atoms with Crippen LogP contribution in [0.3, 0.4) is 0 Å². The largest absolute Gasteiger partial charge is 0.497 e. The Balaban J connectivity index is 2.12. The SMILES string of the molecule is COc1ccc(N(CCCN)C(=O)C2CC2)cc1. The smallest absolute Gasteiger partial charge is 0.230 e. The average Bonchev–Trinajstić information content (AvgIpc) is 3.24. The molecule has 0 bridgehead atoms. The molecular formula is C14H20N2O2. The van der Waals surface area contributed by atoms with E-state index < -0.39 is 0 Å². The number of ether oxygens (including phenoxy) is 1. The van der Waals surface area contributed by atoms with Crippen LogP contribution in [-0.2, 0) is 4.79 Å². The van der Waals surface area contributed by atoms with Crippen molar-refractivity contribution in [1.29, 1.82) is 0 Å². The molecule has 0 aliphatic heterocycles. The van der Waals surface area contributed by atoms with Crippen LogP contribution in [0.4, 0.5) is 5.69 Å². The van der Waals surface area contributed by atoms with E-state index in [9.17, 15) is 4.79 Å². The Labute approximate surface area is 108 Å². The van der Waals surface area contributed by atoms with E-state index in [-0.39, 0.29) is 11.8 Å². The molecule has 0 heterocycles. The first kappa shape index (κ1) is 12.9. The highest BCUT2D eigenvalue weighted by Gasteiger charge is 2.33. The van der Waals surface area contributed by atoms with Crippen LogP contribution in [0, 0.1) is 5.92 Å². The Morgan fingerprint density at radius 1 is 1.39 bits per heavy atom. The van der Waals surface area contributed by atoms with Crippen molar-refractivity contribution in [2.24, 2.45) is 11.7 Å². The van der Waals surface area contributed by atoms with E-state index in [0.29, 0.717) is 13.1 Å². The molecule has 2 rings (SSSR count). The summed E-state index contributed by atoms with van der Waals surface area (Å²) >= 11 is 0. The summed E-state index contributed by atoms with van der Waals surface area (Å²) in [5.41, 5.74) is 6.47. The number of amides is 1. The summed E-state index contributed by atoms with van der Waals surface area (Å²) in [5, 5.41) is 0. The summed E-state index contributed by atoms with van der Waals surface area (Å²) in [6, 6.07) is 7.61. The van der Waals surface area contributed by atoms with Gasteiger partial charge in [-0.1, -0.05) is 0 Å². The fourth-order valence-corrected chi connectivity index (χ4v) is 1.93. The van der Waals surface area contributed by atoms with Gasteiger partial charge in [0.1, 0.15) is 5.75 Å². The van der Waals surface area contributed by atoms with E-state index in [4.69, 9.17) is 10.5 Å². The van der Waals surface area contributed by atoms with Gasteiger partial charge in [-0.2, -0.15) is 0 Å². The molecule has 0 atom stereocenters. The minimum Gasteiger partial charge on any atom is -0.497 e. The highest BCUT2D eigenvalue weighted by molar-refractivity contribution is 5.96. The molecule has 0 spiro atoms. The highest BCUT2D eigenvalue weighted by Crippen LogP contribution is 2.33. The summed E-state index contributed by atoms with van der Waals surface area (Å²) in [4.78, 5) is 14.1. The number of hydrogen-bond donors (Lipinski definition) is 1. The Morgan fingerprint density at radius 3 is 2.56 bits per heavy atom. The first-order valence-corrected chi connectivity index (χ1v) is 6.41. The van der Waals surface area contributed by atoms with E-state index >= 15 is 0 Å². The Hall–Kier alpha value is -1.55. The zero-order valence-electron chi connectivity index (χ0n) is 10.8. The maximum Gasteiger partial charge on any atom is 0.230 e. The summed E-state index contributed by atoms with van der Waals surface area (Å²) < 4.78 is 5.13. The van der Waals surface area contributed by atoms with Crippen LogP contribution in [0.5, 0.6) is 5.75 Å². The lowest BCUT2D eigenvalue weighted by Crippen LogP contribution is -2.34. The van der Waals surface area contributed by atoms with E-state index in [0.717, 1.165) is 30.7 Å². The van der Waals surface area contributed by atoms with Crippen LogP contribution in [-0.4, -0.2) is 26.1 Å². The first-order valence-electron chi connectivity index (χ1n) is 6.41. The number of anilines is 1. The second-order valence-electron chi connectivity index (χ2n) is 4.60. The molecule has 0 saturated heterocycles. The highest BCUT2D eigenvalue weighted by atomic mass is 16.5. The zero-order valence-corrected chi connectivity index (χ0v) is 10.8. The number of rotatable bonds is 6. The van der Waals surface area contributed by atoms with Crippen molar-refractivity contribution in [2.45, 2.75) is 19.3 Å². The van der Waals surface area contributed by atoms with Crippen LogP contribution >= 0.6 is 0 Å². The van der Waals surface area contributed by atoms with Crippen LogP contribution in [0.1, 0.15) is 19.3 Å². The third-order valence-corrected chi connectivity index (χ3v) is 3.16. The number of carbonyl (C=O) groups excluding carboxylic acids is 1. The van der Waals surface area contributed by atoms with Gasteiger partial charge in [0, 0.05) is 18.2 Å². The van der Waals surface area contributed by atoms with Gasteiger partial charge in [-0.15, -0.1) is 0 Å². The molecule has 4 heteroatoms. The lowest BCUT2D eigenvalue weighted by Gasteiger charge is -2.23. The lowest BCUT2D eigenvalue weighted by atomic mass is 10.2. The standard InChI is InChI=1S/C14H20N2O2/c1-18-13-7-5-12(6-8-13)16(10-2-9-15)14(17)11-3-4-11/h5-8,11H,2-4,9-10,15H2,1H3. The third kappa shape index (κ3) is 3.01. The fraction of sp³-hybridized carbons (Fsp3) is 0.500. The topological polar surface area (TPSA) is 55.6 Å². The van der Waals surface area contributed by atoms with Gasteiger partial charge in [0.05, 0.1) is 7.11 Å². The number of nitrogens with zero attached hydrogens (tertiary/aromatic N) is 1. The van der Waals surface area contributed by atoms with Crippen molar-refractivity contribution < 1.29 is 9.53 Å². The van der Waals surface area contributed by atoms with Gasteiger partial charge in [0.2, 0.25) is 5.91 Å². The fourth-order valence-electron chi connectivity index (χ4n) is 1.93. The molecule has 18 heavy (non-hydrogen) atoms. The van der Waals surface area contributed by atoms with Crippen molar-refractivity contribution >= 4 is 11.6 Å². The maximum absolute atomic E-state index is 12.2. The molecule has 1 aromatic rings. The summed E-state index contributed by atoms with van der Waals surface area (Å²) in [7, 11) is 1.64. The van der Waals surface area contributed by atoms with Crippen molar-refractivity contribution in [1.82, 2.24) is 0 Å². The zero-order chi connectivity index (χ0) is 13.0. The van der Waals surface area contributed by atoms with E-state index in [1.165, 1.54) is 0 Å². The molecule has 1 aromatic carbocycles. The second kappa shape index (κ2) is 5.87. The van der Waals surface area contributed by atoms with Gasteiger partial charge in [0.25, 0.3) is 0 Å². The van der Waals surface area contributed by atoms with Gasteiger partial charge in [-0.3, -0.25) is 4.79 Å². The second-order valence-corrected chi connectivity index (χ2v) is 4.60. The third-order valence-electron chi connectivity index (χ3n) is 3.16. The van der Waals surface area contributed by atoms with Gasteiger partial charge in [0.15, 0.2) is 0 Å². The molecule has 2 N–H and O–H groups in total. The van der Waals surface area contributed by atoms with Crippen LogP contribution in [0.2, 0.25) is 0 Å². The summed E-state index contributed by atoms with van der Waals surface area (Å²) in [6.45, 7) is 1.29. The van der Waals surface area contributed by atoms with Crippen LogP contribution < -0.4 is 15.4 Å². The number of benzene rings is 1. The number of carbonyl (C=O) groups is 1. The molecule has 1 aliphatic carbocycles. The minimum atomic E-state index is 0.227. The number of nitrogens with two attached hydrogens (primary N) is 1. The number of hydrogen-bond acceptors (Lipinski definition) is 3. The van der Waals surface area contributed by atoms with E-state index in [1.54, 1.807) is 7.11 Å². The van der Waals surface area contributed by atoms with Gasteiger partial charge in [-0.05, 0) is 50.1 Å². The van der Waals surface area contributed by atoms with Crippen molar-refractivity contribution in [3.05, 3.63) is 24.3 Å². The molecule has 1 aliphatic rings. The molecule has 1 fully saturated rings. The monoisotopic (exact) mass is 248 g/mol. The molecule has 98 valence electrons. The normalized spacial score (nSPS) is 14.3. The molecular weight excluding hydrogens is 228 g/mol. The van der Waals surface area contributed by atoms with Crippen molar-refractivity contribution in [3.8, 4) is 5.75 Å². The van der Waals surface area contributed by atoms with Crippen LogP contribution in [0.25, 0.3) is 0 Å². The van der Waals surface area contributed by atoms with Crippen molar-refractivity contribution in [2.75, 3.05) is 25.1 Å². The van der Waals surface area contributed by atoms with Gasteiger partial charge < -0.3 is 15.4 Å². The molecule has 0 aromatic heterocycles. The quantitative estimate of drug-likeness (QED) is 0.835. The molecule has 1 saturated carbocycles. The molecule has 1 amide bonds. The first-order chi connectivity index (χ1) is 8.76. The Kier molecular flexibility index (Phi) is 4.20. The van der Waals surface area contributed by atoms with E-state index in [1.807, 2.05) is 29.2 Å². The van der Waals surface area contributed by atoms with Crippen LogP contribution in [0.15, 0.2) is 24.3 Å². The number of methoxy groups -OCH3 is 1. The van der Waals surface area contributed by atoms with Gasteiger partial charge in [-0.25, -0.2) is 0 Å². The van der Waals surface area contributed by atoms with E-state index in [2.05, 4.69) is 0 Å². The van der Waals surface area contributed by atoms with Crippen molar-refractivity contribution in [3.63, 3.8) is 0 Å².